The lowest BCUT2D eigenvalue weighted by molar-refractivity contribution is -0.384. The Balaban J connectivity index is 1.78. The summed E-state index contributed by atoms with van der Waals surface area (Å²) >= 11 is 6.41. The van der Waals surface area contributed by atoms with Crippen LogP contribution in [0.3, 0.4) is 0 Å². The van der Waals surface area contributed by atoms with Gasteiger partial charge in [-0.15, -0.1) is 0 Å². The Morgan fingerprint density at radius 2 is 1.77 bits per heavy atom. The minimum absolute atomic E-state index is 0.119. The predicted molar refractivity (Wildman–Crippen MR) is 100 cm³/mol. The Hall–Kier alpha value is -2.46. The van der Waals surface area contributed by atoms with Crippen LogP contribution in [0.25, 0.3) is 0 Å². The minimum Gasteiger partial charge on any atom is -0.482 e. The standard InChI is InChI=1S/C16H12Br2N2O6/c17-10-1-4-12(5-2-10)25-9-16(22)26-8-15(21)19-14-6-3-11(20(23)24)7-13(14)18/h1-7H,8-9H2,(H,19,21). The quantitative estimate of drug-likeness (QED) is 0.362. The molecule has 10 heteroatoms. The summed E-state index contributed by atoms with van der Waals surface area (Å²) in [4.78, 5) is 33.5. The second kappa shape index (κ2) is 9.30. The molecule has 0 saturated heterocycles. The highest BCUT2D eigenvalue weighted by Crippen LogP contribution is 2.27. The van der Waals surface area contributed by atoms with E-state index in [4.69, 9.17) is 9.47 Å². The van der Waals surface area contributed by atoms with Crippen molar-refractivity contribution in [1.82, 2.24) is 0 Å². The van der Waals surface area contributed by atoms with Gasteiger partial charge in [0.15, 0.2) is 13.2 Å². The lowest BCUT2D eigenvalue weighted by Crippen LogP contribution is -2.23. The van der Waals surface area contributed by atoms with E-state index in [1.165, 1.54) is 18.2 Å². The number of nitro groups is 1. The van der Waals surface area contributed by atoms with E-state index >= 15 is 0 Å². The van der Waals surface area contributed by atoms with Crippen LogP contribution in [0.4, 0.5) is 11.4 Å². The number of amides is 1. The summed E-state index contributed by atoms with van der Waals surface area (Å²) in [6.45, 7) is -0.845. The first kappa shape index (κ1) is 19.9. The summed E-state index contributed by atoms with van der Waals surface area (Å²) in [7, 11) is 0. The molecule has 0 aromatic heterocycles. The molecular weight excluding hydrogens is 476 g/mol. The summed E-state index contributed by atoms with van der Waals surface area (Å²) in [5.74, 6) is -0.799. The normalized spacial score (nSPS) is 10.1. The van der Waals surface area contributed by atoms with Crippen LogP contribution in [0.5, 0.6) is 5.75 Å². The van der Waals surface area contributed by atoms with Gasteiger partial charge >= 0.3 is 5.97 Å². The lowest BCUT2D eigenvalue weighted by atomic mass is 10.3. The number of esters is 1. The molecule has 0 aliphatic heterocycles. The predicted octanol–water partition coefficient (Wildman–Crippen LogP) is 3.68. The van der Waals surface area contributed by atoms with Gasteiger partial charge in [0.1, 0.15) is 5.75 Å². The Morgan fingerprint density at radius 1 is 1.08 bits per heavy atom. The van der Waals surface area contributed by atoms with Crippen molar-refractivity contribution in [1.29, 1.82) is 0 Å². The van der Waals surface area contributed by atoms with Gasteiger partial charge in [0.25, 0.3) is 11.6 Å². The number of non-ortho nitro benzene ring substituents is 1. The fourth-order valence-electron chi connectivity index (χ4n) is 1.77. The molecule has 0 bridgehead atoms. The van der Waals surface area contributed by atoms with Gasteiger partial charge in [0, 0.05) is 21.1 Å². The van der Waals surface area contributed by atoms with Crippen molar-refractivity contribution in [3.8, 4) is 5.75 Å². The highest BCUT2D eigenvalue weighted by atomic mass is 79.9. The van der Waals surface area contributed by atoms with Gasteiger partial charge in [-0.3, -0.25) is 14.9 Å². The van der Waals surface area contributed by atoms with Gasteiger partial charge in [0.05, 0.1) is 10.6 Å². The van der Waals surface area contributed by atoms with E-state index in [9.17, 15) is 19.7 Å². The van der Waals surface area contributed by atoms with Gasteiger partial charge in [-0.25, -0.2) is 4.79 Å². The third-order valence-corrected chi connectivity index (χ3v) is 4.16. The molecule has 2 rings (SSSR count). The minimum atomic E-state index is -0.703. The zero-order valence-corrected chi connectivity index (χ0v) is 16.3. The molecule has 0 saturated carbocycles. The number of halogens is 2. The highest BCUT2D eigenvalue weighted by Gasteiger charge is 2.13. The molecule has 26 heavy (non-hydrogen) atoms. The van der Waals surface area contributed by atoms with E-state index in [-0.39, 0.29) is 12.3 Å². The molecule has 0 spiro atoms. The van der Waals surface area contributed by atoms with Crippen molar-refractivity contribution in [2.75, 3.05) is 18.5 Å². The maximum Gasteiger partial charge on any atom is 0.344 e. The zero-order chi connectivity index (χ0) is 19.1. The second-order valence-electron chi connectivity index (χ2n) is 4.87. The summed E-state index contributed by atoms with van der Waals surface area (Å²) < 4.78 is 11.3. The van der Waals surface area contributed by atoms with E-state index in [1.807, 2.05) is 0 Å². The molecule has 0 aliphatic carbocycles. The van der Waals surface area contributed by atoms with Crippen molar-refractivity contribution < 1.29 is 24.0 Å². The molecule has 0 radical (unpaired) electrons. The van der Waals surface area contributed by atoms with Crippen LogP contribution in [0.1, 0.15) is 0 Å². The van der Waals surface area contributed by atoms with Gasteiger partial charge in [0.2, 0.25) is 0 Å². The average molecular weight is 488 g/mol. The Morgan fingerprint density at radius 3 is 2.38 bits per heavy atom. The molecule has 0 fully saturated rings. The zero-order valence-electron chi connectivity index (χ0n) is 13.1. The van der Waals surface area contributed by atoms with Crippen molar-refractivity contribution in [2.45, 2.75) is 0 Å². The van der Waals surface area contributed by atoms with Gasteiger partial charge in [-0.1, -0.05) is 15.9 Å². The smallest absolute Gasteiger partial charge is 0.344 e. The fourth-order valence-corrected chi connectivity index (χ4v) is 2.50. The van der Waals surface area contributed by atoms with E-state index in [0.29, 0.717) is 15.9 Å². The number of benzene rings is 2. The maximum atomic E-state index is 11.8. The number of nitro benzene ring substituents is 1. The molecule has 0 unspecified atom stereocenters. The fraction of sp³-hybridized carbons (Fsp3) is 0.125. The Labute approximate surface area is 164 Å². The van der Waals surface area contributed by atoms with Crippen LogP contribution < -0.4 is 10.1 Å². The van der Waals surface area contributed by atoms with Crippen molar-refractivity contribution in [3.63, 3.8) is 0 Å². The first-order chi connectivity index (χ1) is 12.3. The number of carbonyl (C=O) groups excluding carboxylic acids is 2. The number of ether oxygens (including phenoxy) is 2. The first-order valence-electron chi connectivity index (χ1n) is 7.13. The van der Waals surface area contributed by atoms with E-state index < -0.39 is 23.4 Å². The molecule has 1 amide bonds. The van der Waals surface area contributed by atoms with Crippen molar-refractivity contribution >= 4 is 55.1 Å². The van der Waals surface area contributed by atoms with Crippen molar-refractivity contribution in [3.05, 3.63) is 61.5 Å². The number of nitrogens with one attached hydrogen (secondary N) is 1. The summed E-state index contributed by atoms with van der Waals surface area (Å²) in [5, 5.41) is 13.2. The Kier molecular flexibility index (Phi) is 7.10. The van der Waals surface area contributed by atoms with Crippen LogP contribution >= 0.6 is 31.9 Å². The number of hydrogen-bond donors (Lipinski definition) is 1. The molecule has 136 valence electrons. The average Bonchev–Trinajstić information content (AvgIpc) is 2.61. The number of carbonyl (C=O) groups is 2. The summed E-state index contributed by atoms with van der Waals surface area (Å²) in [5.41, 5.74) is 0.203. The third-order valence-electron chi connectivity index (χ3n) is 2.97. The lowest BCUT2D eigenvalue weighted by Gasteiger charge is -2.09. The topological polar surface area (TPSA) is 108 Å². The largest absolute Gasteiger partial charge is 0.482 e. The van der Waals surface area contributed by atoms with E-state index in [0.717, 1.165) is 4.47 Å². The number of nitrogens with zero attached hydrogens (tertiary/aromatic N) is 1. The van der Waals surface area contributed by atoms with Crippen LogP contribution in [0, 0.1) is 10.1 Å². The molecule has 2 aromatic carbocycles. The van der Waals surface area contributed by atoms with Crippen LogP contribution in [-0.4, -0.2) is 30.0 Å². The number of hydrogen-bond acceptors (Lipinski definition) is 6. The summed E-state index contributed by atoms with van der Waals surface area (Å²) in [6, 6.07) is 10.8. The van der Waals surface area contributed by atoms with Gasteiger partial charge < -0.3 is 14.8 Å². The van der Waals surface area contributed by atoms with Crippen LogP contribution in [0.2, 0.25) is 0 Å². The molecule has 0 heterocycles. The SMILES string of the molecule is O=C(COC(=O)COc1ccc(Br)cc1)Nc1ccc([N+](=O)[O-])cc1Br. The van der Waals surface area contributed by atoms with Gasteiger partial charge in [-0.2, -0.15) is 0 Å². The molecule has 0 aliphatic rings. The van der Waals surface area contributed by atoms with Crippen LogP contribution in [0.15, 0.2) is 51.4 Å². The Bertz CT molecular complexity index is 826. The molecule has 8 nitrogen and oxygen atoms in total. The van der Waals surface area contributed by atoms with Crippen LogP contribution in [-0.2, 0) is 14.3 Å². The van der Waals surface area contributed by atoms with E-state index in [1.54, 1.807) is 24.3 Å². The monoisotopic (exact) mass is 486 g/mol. The third kappa shape index (κ3) is 6.12. The molecule has 1 N–H and O–H groups in total. The molecule has 0 atom stereocenters. The maximum absolute atomic E-state index is 11.8. The van der Waals surface area contributed by atoms with Crippen molar-refractivity contribution in [2.24, 2.45) is 0 Å². The van der Waals surface area contributed by atoms with Gasteiger partial charge in [-0.05, 0) is 46.3 Å². The molecule has 2 aromatic rings. The number of anilines is 1. The first-order valence-corrected chi connectivity index (χ1v) is 8.71. The second-order valence-corrected chi connectivity index (χ2v) is 6.64. The van der Waals surface area contributed by atoms with E-state index in [2.05, 4.69) is 37.2 Å². The number of rotatable bonds is 7. The molecular formula is C16H12Br2N2O6. The summed E-state index contributed by atoms with van der Waals surface area (Å²) in [6.07, 6.45) is 0. The highest BCUT2D eigenvalue weighted by molar-refractivity contribution is 9.10.